The zero-order valence-electron chi connectivity index (χ0n) is 13.5. The van der Waals surface area contributed by atoms with Gasteiger partial charge < -0.3 is 20.9 Å². The molecule has 8 heteroatoms. The molecule has 0 radical (unpaired) electrons. The molecule has 0 amide bonds. The Hall–Kier alpha value is -2.74. The van der Waals surface area contributed by atoms with Gasteiger partial charge in [-0.1, -0.05) is 25.5 Å². The molecule has 5 N–H and O–H groups in total. The van der Waals surface area contributed by atoms with Crippen molar-refractivity contribution in [3.05, 3.63) is 45.7 Å². The van der Waals surface area contributed by atoms with E-state index in [0.29, 0.717) is 5.56 Å². The van der Waals surface area contributed by atoms with Gasteiger partial charge in [0.05, 0.1) is 0 Å². The van der Waals surface area contributed by atoms with Crippen LogP contribution in [0.25, 0.3) is 11.1 Å². The van der Waals surface area contributed by atoms with Crippen LogP contribution in [0.15, 0.2) is 34.0 Å². The Morgan fingerprint density at radius 3 is 2.48 bits per heavy atom. The van der Waals surface area contributed by atoms with E-state index in [1.165, 1.54) is 0 Å². The van der Waals surface area contributed by atoms with Gasteiger partial charge in [-0.25, -0.2) is 9.59 Å². The van der Waals surface area contributed by atoms with Crippen molar-refractivity contribution in [3.63, 3.8) is 0 Å². The summed E-state index contributed by atoms with van der Waals surface area (Å²) < 4.78 is 0. The minimum Gasteiger partial charge on any atom is -0.478 e. The van der Waals surface area contributed by atoms with Crippen LogP contribution < -0.4 is 11.3 Å². The van der Waals surface area contributed by atoms with Crippen molar-refractivity contribution >= 4 is 29.5 Å². The highest BCUT2D eigenvalue weighted by molar-refractivity contribution is 7.99. The smallest absolute Gasteiger partial charge is 0.342 e. The van der Waals surface area contributed by atoms with Crippen LogP contribution in [-0.4, -0.2) is 32.9 Å². The third kappa shape index (κ3) is 4.03. The number of aromatic carboxylic acids is 2. The molecule has 132 valence electrons. The zero-order chi connectivity index (χ0) is 18.6. The van der Waals surface area contributed by atoms with Crippen LogP contribution in [0.1, 0.15) is 40.5 Å². The van der Waals surface area contributed by atoms with Crippen molar-refractivity contribution in [1.29, 1.82) is 0 Å². The van der Waals surface area contributed by atoms with Crippen molar-refractivity contribution in [2.75, 3.05) is 11.5 Å². The van der Waals surface area contributed by atoms with Crippen molar-refractivity contribution < 1.29 is 19.8 Å². The van der Waals surface area contributed by atoms with E-state index >= 15 is 0 Å². The molecular formula is C17H18N2O5S. The number of nitrogens with one attached hydrogen (secondary N) is 1. The van der Waals surface area contributed by atoms with E-state index in [0.717, 1.165) is 23.5 Å². The minimum atomic E-state index is -1.51. The number of aromatic nitrogens is 1. The highest BCUT2D eigenvalue weighted by atomic mass is 32.2. The van der Waals surface area contributed by atoms with E-state index < -0.39 is 28.6 Å². The van der Waals surface area contributed by atoms with Gasteiger partial charge in [-0.15, -0.1) is 11.8 Å². The summed E-state index contributed by atoms with van der Waals surface area (Å²) in [4.78, 5) is 38.1. The Kier molecular flexibility index (Phi) is 5.87. The highest BCUT2D eigenvalue weighted by Gasteiger charge is 2.26. The molecule has 2 aromatic rings. The number of carbonyl (C=O) groups is 2. The Morgan fingerprint density at radius 1 is 1.20 bits per heavy atom. The largest absolute Gasteiger partial charge is 0.478 e. The number of anilines is 1. The van der Waals surface area contributed by atoms with E-state index in [2.05, 4.69) is 11.9 Å². The fraction of sp³-hybridized carbons (Fsp3) is 0.235. The molecule has 2 rings (SSSR count). The maximum atomic E-state index is 12.0. The Morgan fingerprint density at radius 2 is 1.88 bits per heavy atom. The van der Waals surface area contributed by atoms with Gasteiger partial charge in [0.2, 0.25) is 0 Å². The van der Waals surface area contributed by atoms with Crippen molar-refractivity contribution in [2.24, 2.45) is 0 Å². The van der Waals surface area contributed by atoms with Crippen molar-refractivity contribution in [1.82, 2.24) is 4.98 Å². The second-order valence-electron chi connectivity index (χ2n) is 5.33. The van der Waals surface area contributed by atoms with Crippen molar-refractivity contribution in [3.8, 4) is 11.1 Å². The summed E-state index contributed by atoms with van der Waals surface area (Å²) >= 11 is 1.58. The number of thioether (sulfide) groups is 1. The SMILES string of the molecule is CCCCSc1cccc(-c2c(C(=O)O)c(N)[nH]c(=O)c2C(=O)O)c1. The molecule has 0 unspecified atom stereocenters. The second-order valence-corrected chi connectivity index (χ2v) is 6.50. The number of aromatic amines is 1. The molecule has 0 saturated heterocycles. The molecule has 0 bridgehead atoms. The summed E-state index contributed by atoms with van der Waals surface area (Å²) in [5, 5.41) is 18.8. The van der Waals surface area contributed by atoms with Crippen LogP contribution >= 0.6 is 11.8 Å². The first kappa shape index (κ1) is 18.6. The van der Waals surface area contributed by atoms with E-state index in [1.54, 1.807) is 30.0 Å². The monoisotopic (exact) mass is 362 g/mol. The lowest BCUT2D eigenvalue weighted by Gasteiger charge is -2.13. The van der Waals surface area contributed by atoms with E-state index in [9.17, 15) is 24.6 Å². The molecule has 0 atom stereocenters. The third-order valence-corrected chi connectivity index (χ3v) is 4.64. The molecule has 0 fully saturated rings. The lowest BCUT2D eigenvalue weighted by Crippen LogP contribution is -2.24. The van der Waals surface area contributed by atoms with Gasteiger partial charge in [-0.2, -0.15) is 0 Å². The number of carboxylic acid groups (broad SMARTS) is 2. The molecule has 0 spiro atoms. The average molecular weight is 362 g/mol. The summed E-state index contributed by atoms with van der Waals surface area (Å²) in [6.45, 7) is 2.08. The van der Waals surface area contributed by atoms with Crippen LogP contribution in [-0.2, 0) is 0 Å². The van der Waals surface area contributed by atoms with E-state index in [4.69, 9.17) is 5.73 Å². The number of hydrogen-bond acceptors (Lipinski definition) is 5. The number of hydrogen-bond donors (Lipinski definition) is 4. The van der Waals surface area contributed by atoms with Gasteiger partial charge in [-0.3, -0.25) is 4.79 Å². The van der Waals surface area contributed by atoms with Gasteiger partial charge in [0.1, 0.15) is 16.9 Å². The Labute approximate surface area is 147 Å². The zero-order valence-corrected chi connectivity index (χ0v) is 14.4. The standard InChI is InChI=1S/C17H18N2O5S/c1-2-3-7-25-10-6-4-5-9(8-10)11-12(16(21)22)14(18)19-15(20)13(11)17(23)24/h4-6,8H,2-3,7H2,1H3,(H,21,22)(H,23,24)(H3,18,19,20). The second kappa shape index (κ2) is 7.89. The summed E-state index contributed by atoms with van der Waals surface area (Å²) in [6, 6.07) is 6.78. The Bertz CT molecular complexity index is 876. The van der Waals surface area contributed by atoms with Crippen LogP contribution in [0.2, 0.25) is 0 Å². The number of nitrogens with two attached hydrogens (primary N) is 1. The molecule has 0 saturated carbocycles. The van der Waals surface area contributed by atoms with Crippen molar-refractivity contribution in [2.45, 2.75) is 24.7 Å². The number of benzene rings is 1. The minimum absolute atomic E-state index is 0.181. The predicted molar refractivity (Wildman–Crippen MR) is 96.5 cm³/mol. The predicted octanol–water partition coefficient (Wildman–Crippen LogP) is 2.91. The lowest BCUT2D eigenvalue weighted by atomic mass is 9.95. The summed E-state index contributed by atoms with van der Waals surface area (Å²) in [7, 11) is 0. The maximum Gasteiger partial charge on any atom is 0.342 e. The molecule has 1 aromatic heterocycles. The molecule has 0 aliphatic carbocycles. The number of H-pyrrole nitrogens is 1. The van der Waals surface area contributed by atoms with Crippen LogP contribution in [0.3, 0.4) is 0 Å². The van der Waals surface area contributed by atoms with Gasteiger partial charge in [0.15, 0.2) is 0 Å². The van der Waals surface area contributed by atoms with E-state index in [-0.39, 0.29) is 11.4 Å². The number of carboxylic acids is 2. The Balaban J connectivity index is 2.69. The average Bonchev–Trinajstić information content (AvgIpc) is 2.53. The quantitative estimate of drug-likeness (QED) is 0.439. The van der Waals surface area contributed by atoms with E-state index in [1.807, 2.05) is 6.07 Å². The maximum absolute atomic E-state index is 12.0. The van der Waals surface area contributed by atoms with Gasteiger partial charge in [0.25, 0.3) is 5.56 Å². The molecule has 1 heterocycles. The topological polar surface area (TPSA) is 133 Å². The summed E-state index contributed by atoms with van der Waals surface area (Å²) in [5.41, 5.74) is 3.78. The van der Waals surface area contributed by atoms with Crippen LogP contribution in [0.4, 0.5) is 5.82 Å². The first-order valence-corrected chi connectivity index (χ1v) is 8.61. The van der Waals surface area contributed by atoms with Gasteiger partial charge in [0, 0.05) is 10.5 Å². The molecule has 25 heavy (non-hydrogen) atoms. The highest BCUT2D eigenvalue weighted by Crippen LogP contribution is 2.32. The normalized spacial score (nSPS) is 10.6. The fourth-order valence-electron chi connectivity index (χ4n) is 2.41. The first-order valence-electron chi connectivity index (χ1n) is 7.62. The molecule has 1 aromatic carbocycles. The van der Waals surface area contributed by atoms with Crippen LogP contribution in [0.5, 0.6) is 0 Å². The summed E-state index contributed by atoms with van der Waals surface area (Å²) in [6.07, 6.45) is 2.07. The number of pyridine rings is 1. The first-order chi connectivity index (χ1) is 11.9. The number of nitrogen functional groups attached to an aromatic ring is 1. The van der Waals surface area contributed by atoms with Crippen LogP contribution in [0, 0.1) is 0 Å². The van der Waals surface area contributed by atoms with Gasteiger partial charge in [-0.05, 0) is 29.9 Å². The number of rotatable bonds is 7. The van der Waals surface area contributed by atoms with Gasteiger partial charge >= 0.3 is 11.9 Å². The lowest BCUT2D eigenvalue weighted by molar-refractivity contribution is 0.0695. The number of unbranched alkanes of at least 4 members (excludes halogenated alkanes) is 1. The summed E-state index contributed by atoms with van der Waals surface area (Å²) in [5.74, 6) is -2.41. The molecule has 0 aliphatic heterocycles. The fourth-order valence-corrected chi connectivity index (χ4v) is 3.46. The molecular weight excluding hydrogens is 344 g/mol. The molecule has 0 aliphatic rings. The molecule has 7 nitrogen and oxygen atoms in total. The third-order valence-electron chi connectivity index (χ3n) is 3.56.